The average Bonchev–Trinajstić information content (AvgIpc) is 2.49. The molecule has 1 N–H and O–H groups in total. The number of hydrogen-bond donors (Lipinski definition) is 1. The molecule has 3 rings (SSSR count). The Kier molecular flexibility index (Phi) is 3.51. The lowest BCUT2D eigenvalue weighted by atomic mass is 10.0. The van der Waals surface area contributed by atoms with Crippen LogP contribution in [0.15, 0.2) is 36.4 Å². The number of aliphatic hydroxyl groups excluding tert-OH is 1. The van der Waals surface area contributed by atoms with Crippen molar-refractivity contribution in [3.8, 4) is 11.5 Å². The molecule has 5 heteroatoms. The van der Waals surface area contributed by atoms with E-state index in [1.807, 2.05) is 0 Å². The summed E-state index contributed by atoms with van der Waals surface area (Å²) < 4.78 is 24.0. The maximum atomic E-state index is 13.1. The molecule has 0 aliphatic carbocycles. The van der Waals surface area contributed by atoms with E-state index in [-0.39, 0.29) is 5.02 Å². The fraction of sp³-hybridized carbons (Fsp3) is 0.200. The summed E-state index contributed by atoms with van der Waals surface area (Å²) in [5.41, 5.74) is 1.16. The van der Waals surface area contributed by atoms with E-state index in [0.717, 1.165) is 0 Å². The second kappa shape index (κ2) is 5.31. The van der Waals surface area contributed by atoms with Crippen LogP contribution < -0.4 is 9.47 Å². The van der Waals surface area contributed by atoms with Crippen molar-refractivity contribution in [3.05, 3.63) is 58.4 Å². The SMILES string of the molecule is OC(c1ccc(F)c(Cl)c1)c1ccc2c(c1)OCCO2. The highest BCUT2D eigenvalue weighted by molar-refractivity contribution is 6.30. The molecule has 0 aromatic heterocycles. The fourth-order valence-electron chi connectivity index (χ4n) is 2.10. The molecule has 1 atom stereocenters. The van der Waals surface area contributed by atoms with Crippen molar-refractivity contribution >= 4 is 11.6 Å². The first-order valence-corrected chi connectivity index (χ1v) is 6.55. The number of ether oxygens (including phenoxy) is 2. The molecule has 0 spiro atoms. The van der Waals surface area contributed by atoms with Crippen molar-refractivity contribution in [1.82, 2.24) is 0 Å². The lowest BCUT2D eigenvalue weighted by Gasteiger charge is -2.20. The van der Waals surface area contributed by atoms with Gasteiger partial charge in [-0.05, 0) is 35.4 Å². The van der Waals surface area contributed by atoms with Crippen molar-refractivity contribution < 1.29 is 19.0 Å². The second-order valence-corrected chi connectivity index (χ2v) is 4.89. The van der Waals surface area contributed by atoms with Crippen LogP contribution in [0.4, 0.5) is 4.39 Å². The van der Waals surface area contributed by atoms with Crippen LogP contribution in [0.25, 0.3) is 0 Å². The highest BCUT2D eigenvalue weighted by atomic mass is 35.5. The first kappa shape index (κ1) is 13.2. The topological polar surface area (TPSA) is 38.7 Å². The van der Waals surface area contributed by atoms with Crippen LogP contribution in [-0.2, 0) is 0 Å². The van der Waals surface area contributed by atoms with E-state index < -0.39 is 11.9 Å². The summed E-state index contributed by atoms with van der Waals surface area (Å²) in [7, 11) is 0. The van der Waals surface area contributed by atoms with Gasteiger partial charge in [0.1, 0.15) is 25.1 Å². The maximum Gasteiger partial charge on any atom is 0.161 e. The Hall–Kier alpha value is -1.78. The Morgan fingerprint density at radius 3 is 2.40 bits per heavy atom. The third kappa shape index (κ3) is 2.44. The summed E-state index contributed by atoms with van der Waals surface area (Å²) in [4.78, 5) is 0. The van der Waals surface area contributed by atoms with Crippen LogP contribution in [0.3, 0.4) is 0 Å². The van der Waals surface area contributed by atoms with Gasteiger partial charge in [-0.1, -0.05) is 23.7 Å². The normalized spacial score (nSPS) is 14.9. The van der Waals surface area contributed by atoms with Crippen molar-refractivity contribution in [2.75, 3.05) is 13.2 Å². The number of rotatable bonds is 2. The van der Waals surface area contributed by atoms with E-state index in [1.54, 1.807) is 18.2 Å². The second-order valence-electron chi connectivity index (χ2n) is 4.48. The predicted molar refractivity (Wildman–Crippen MR) is 72.9 cm³/mol. The van der Waals surface area contributed by atoms with Gasteiger partial charge in [-0.3, -0.25) is 0 Å². The largest absolute Gasteiger partial charge is 0.486 e. The van der Waals surface area contributed by atoms with E-state index in [1.165, 1.54) is 18.2 Å². The predicted octanol–water partition coefficient (Wildman–Crippen LogP) is 3.33. The molecule has 1 unspecified atom stereocenters. The third-order valence-electron chi connectivity index (χ3n) is 3.14. The van der Waals surface area contributed by atoms with Crippen LogP contribution in [-0.4, -0.2) is 18.3 Å². The maximum absolute atomic E-state index is 13.1. The van der Waals surface area contributed by atoms with Gasteiger partial charge in [0.2, 0.25) is 0 Å². The van der Waals surface area contributed by atoms with Crippen LogP contribution in [0.1, 0.15) is 17.2 Å². The molecule has 1 aliphatic rings. The molecule has 20 heavy (non-hydrogen) atoms. The minimum Gasteiger partial charge on any atom is -0.486 e. The van der Waals surface area contributed by atoms with Crippen LogP contribution in [0, 0.1) is 5.82 Å². The quantitative estimate of drug-likeness (QED) is 0.923. The molecule has 0 fully saturated rings. The molecule has 0 saturated carbocycles. The number of hydrogen-bond acceptors (Lipinski definition) is 3. The lowest BCUT2D eigenvalue weighted by molar-refractivity contribution is 0.169. The van der Waals surface area contributed by atoms with E-state index in [2.05, 4.69) is 0 Å². The summed E-state index contributed by atoms with van der Waals surface area (Å²) in [6.07, 6.45) is -0.899. The van der Waals surface area contributed by atoms with E-state index in [9.17, 15) is 9.50 Å². The zero-order valence-electron chi connectivity index (χ0n) is 10.5. The van der Waals surface area contributed by atoms with Crippen molar-refractivity contribution in [2.45, 2.75) is 6.10 Å². The summed E-state index contributed by atoms with van der Waals surface area (Å²) in [6, 6.07) is 9.37. The zero-order valence-corrected chi connectivity index (χ0v) is 11.2. The van der Waals surface area contributed by atoms with Crippen LogP contribution in [0.2, 0.25) is 5.02 Å². The molecule has 0 radical (unpaired) electrons. The molecule has 1 heterocycles. The first-order valence-electron chi connectivity index (χ1n) is 6.18. The first-order chi connectivity index (χ1) is 9.65. The highest BCUT2D eigenvalue weighted by Crippen LogP contribution is 2.34. The van der Waals surface area contributed by atoms with Crippen LogP contribution in [0.5, 0.6) is 11.5 Å². The Bertz CT molecular complexity index is 645. The Labute approximate surface area is 120 Å². The Morgan fingerprint density at radius 1 is 1.00 bits per heavy atom. The van der Waals surface area contributed by atoms with Gasteiger partial charge in [-0.25, -0.2) is 4.39 Å². The van der Waals surface area contributed by atoms with Gasteiger partial charge >= 0.3 is 0 Å². The third-order valence-corrected chi connectivity index (χ3v) is 3.43. The van der Waals surface area contributed by atoms with Crippen molar-refractivity contribution in [1.29, 1.82) is 0 Å². The molecule has 0 saturated heterocycles. The van der Waals surface area contributed by atoms with E-state index in [4.69, 9.17) is 21.1 Å². The van der Waals surface area contributed by atoms with Crippen molar-refractivity contribution in [2.24, 2.45) is 0 Å². The molecule has 0 amide bonds. The average molecular weight is 295 g/mol. The molecule has 1 aliphatic heterocycles. The number of halogens is 2. The summed E-state index contributed by atoms with van der Waals surface area (Å²) in [6.45, 7) is 0.997. The number of aliphatic hydroxyl groups is 1. The van der Waals surface area contributed by atoms with E-state index in [0.29, 0.717) is 35.8 Å². The molecular weight excluding hydrogens is 283 g/mol. The molecule has 104 valence electrons. The van der Waals surface area contributed by atoms with E-state index >= 15 is 0 Å². The number of benzene rings is 2. The zero-order chi connectivity index (χ0) is 14.1. The van der Waals surface area contributed by atoms with Crippen molar-refractivity contribution in [3.63, 3.8) is 0 Å². The molecule has 2 aromatic carbocycles. The molecule has 0 bridgehead atoms. The fourth-order valence-corrected chi connectivity index (χ4v) is 2.29. The molecule has 3 nitrogen and oxygen atoms in total. The lowest BCUT2D eigenvalue weighted by Crippen LogP contribution is -2.15. The molecular formula is C15H12ClFO3. The molecule has 2 aromatic rings. The van der Waals surface area contributed by atoms with Gasteiger partial charge in [0.15, 0.2) is 11.5 Å². The minimum atomic E-state index is -0.899. The smallest absolute Gasteiger partial charge is 0.161 e. The van der Waals surface area contributed by atoms with Gasteiger partial charge in [0.05, 0.1) is 5.02 Å². The monoisotopic (exact) mass is 294 g/mol. The number of fused-ring (bicyclic) bond motifs is 1. The summed E-state index contributed by atoms with van der Waals surface area (Å²) in [5.74, 6) is 0.745. The van der Waals surface area contributed by atoms with Gasteiger partial charge in [0.25, 0.3) is 0 Å². The minimum absolute atomic E-state index is 0.0147. The summed E-state index contributed by atoms with van der Waals surface area (Å²) in [5, 5.41) is 10.3. The van der Waals surface area contributed by atoms with Gasteiger partial charge < -0.3 is 14.6 Å². The Morgan fingerprint density at radius 2 is 1.65 bits per heavy atom. The Balaban J connectivity index is 1.93. The summed E-state index contributed by atoms with van der Waals surface area (Å²) >= 11 is 5.73. The standard InChI is InChI=1S/C15H12ClFO3/c16-11-7-9(1-3-12(11)17)15(18)10-2-4-13-14(8-10)20-6-5-19-13/h1-4,7-8,15,18H,5-6H2. The highest BCUT2D eigenvalue weighted by Gasteiger charge is 2.17. The van der Waals surface area contributed by atoms with Crippen LogP contribution >= 0.6 is 11.6 Å². The van der Waals surface area contributed by atoms with Gasteiger partial charge in [-0.2, -0.15) is 0 Å². The van der Waals surface area contributed by atoms with Gasteiger partial charge in [0, 0.05) is 0 Å². The van der Waals surface area contributed by atoms with Gasteiger partial charge in [-0.15, -0.1) is 0 Å².